The highest BCUT2D eigenvalue weighted by Gasteiger charge is 2.18. The number of hydrogen-bond acceptors (Lipinski definition) is 4. The summed E-state index contributed by atoms with van der Waals surface area (Å²) in [6.07, 6.45) is 0. The molecule has 3 rings (SSSR count). The highest BCUT2D eigenvalue weighted by atomic mass is 32.2. The molecule has 2 amide bonds. The minimum absolute atomic E-state index is 0.0653. The first-order chi connectivity index (χ1) is 13.4. The summed E-state index contributed by atoms with van der Waals surface area (Å²) < 4.78 is 27.1. The molecule has 0 aliphatic rings. The fourth-order valence-corrected chi connectivity index (χ4v) is 3.67. The lowest BCUT2D eigenvalue weighted by Crippen LogP contribution is -2.34. The molecule has 0 spiro atoms. The van der Waals surface area contributed by atoms with E-state index >= 15 is 0 Å². The second kappa shape index (κ2) is 8.24. The molecule has 0 aliphatic carbocycles. The van der Waals surface area contributed by atoms with E-state index in [0.717, 1.165) is 10.8 Å². The second-order valence-corrected chi connectivity index (χ2v) is 7.91. The molecule has 9 heteroatoms. The lowest BCUT2D eigenvalue weighted by Gasteiger charge is -2.12. The smallest absolute Gasteiger partial charge is 0.333 e. The van der Waals surface area contributed by atoms with Gasteiger partial charge in [0, 0.05) is 18.1 Å². The van der Waals surface area contributed by atoms with E-state index in [1.54, 1.807) is 31.3 Å². The Morgan fingerprint density at radius 1 is 0.929 bits per heavy atom. The standard InChI is InChI=1S/C19H18N4O3S2/c1-20-19(27)21-14-8-5-9-15(12-14)28(25,26)23-18(24)22-17-11-4-7-13-6-2-3-10-16(13)17/h2-12H,1H3,(H2,20,21,27)(H2,22,23,24). The third kappa shape index (κ3) is 4.56. The van der Waals surface area contributed by atoms with Crippen LogP contribution < -0.4 is 20.7 Å². The van der Waals surface area contributed by atoms with E-state index in [1.165, 1.54) is 12.1 Å². The van der Waals surface area contributed by atoms with E-state index < -0.39 is 16.1 Å². The Hall–Kier alpha value is -3.17. The third-order valence-corrected chi connectivity index (χ3v) is 5.53. The zero-order chi connectivity index (χ0) is 20.1. The lowest BCUT2D eigenvalue weighted by molar-refractivity contribution is 0.256. The fourth-order valence-electron chi connectivity index (χ4n) is 2.60. The molecule has 0 atom stereocenters. The van der Waals surface area contributed by atoms with Gasteiger partial charge in [0.15, 0.2) is 5.11 Å². The van der Waals surface area contributed by atoms with E-state index in [9.17, 15) is 13.2 Å². The van der Waals surface area contributed by atoms with Gasteiger partial charge in [-0.3, -0.25) is 0 Å². The number of thiocarbonyl (C=S) groups is 1. The SMILES string of the molecule is CNC(=S)Nc1cccc(S(=O)(=O)NC(=O)Nc2cccc3ccccc23)c1. The molecule has 3 aromatic rings. The Morgan fingerprint density at radius 3 is 2.43 bits per heavy atom. The molecule has 144 valence electrons. The van der Waals surface area contributed by atoms with Gasteiger partial charge < -0.3 is 16.0 Å². The average Bonchev–Trinajstić information content (AvgIpc) is 2.68. The van der Waals surface area contributed by atoms with Crippen molar-refractivity contribution in [2.45, 2.75) is 4.90 Å². The number of fused-ring (bicyclic) bond motifs is 1. The topological polar surface area (TPSA) is 99.3 Å². The number of carbonyl (C=O) groups is 1. The van der Waals surface area contributed by atoms with Crippen LogP contribution in [-0.4, -0.2) is 26.6 Å². The van der Waals surface area contributed by atoms with Crippen LogP contribution in [0.25, 0.3) is 10.8 Å². The molecule has 0 aliphatic heterocycles. The Kier molecular flexibility index (Phi) is 5.76. The van der Waals surface area contributed by atoms with Gasteiger partial charge in [-0.25, -0.2) is 17.9 Å². The summed E-state index contributed by atoms with van der Waals surface area (Å²) in [4.78, 5) is 12.2. The minimum Gasteiger partial charge on any atom is -0.366 e. The molecule has 7 nitrogen and oxygen atoms in total. The summed E-state index contributed by atoms with van der Waals surface area (Å²) in [7, 11) is -2.42. The van der Waals surface area contributed by atoms with Crippen molar-refractivity contribution >= 4 is 55.5 Å². The quantitative estimate of drug-likeness (QED) is 0.489. The molecule has 0 fully saturated rings. The Balaban J connectivity index is 1.77. The lowest BCUT2D eigenvalue weighted by atomic mass is 10.1. The molecule has 28 heavy (non-hydrogen) atoms. The number of anilines is 2. The van der Waals surface area contributed by atoms with Gasteiger partial charge in [-0.2, -0.15) is 0 Å². The molecular formula is C19H18N4O3S2. The van der Waals surface area contributed by atoms with Gasteiger partial charge in [-0.15, -0.1) is 0 Å². The maximum atomic E-state index is 12.6. The Labute approximate surface area is 168 Å². The first-order valence-corrected chi connectivity index (χ1v) is 10.2. The van der Waals surface area contributed by atoms with Crippen molar-refractivity contribution in [3.05, 3.63) is 66.7 Å². The highest BCUT2D eigenvalue weighted by molar-refractivity contribution is 7.90. The van der Waals surface area contributed by atoms with Crippen molar-refractivity contribution in [3.63, 3.8) is 0 Å². The largest absolute Gasteiger partial charge is 0.366 e. The van der Waals surface area contributed by atoms with Gasteiger partial charge in [-0.1, -0.05) is 42.5 Å². The number of rotatable bonds is 4. The van der Waals surface area contributed by atoms with E-state index in [-0.39, 0.29) is 4.90 Å². The van der Waals surface area contributed by atoms with E-state index in [4.69, 9.17) is 12.2 Å². The highest BCUT2D eigenvalue weighted by Crippen LogP contribution is 2.23. The molecule has 4 N–H and O–H groups in total. The molecule has 0 saturated carbocycles. The summed E-state index contributed by atoms with van der Waals surface area (Å²) >= 11 is 5.00. The number of urea groups is 1. The minimum atomic E-state index is -4.06. The van der Waals surface area contributed by atoms with Crippen LogP contribution in [0.1, 0.15) is 0 Å². The van der Waals surface area contributed by atoms with Gasteiger partial charge in [0.05, 0.1) is 10.6 Å². The summed E-state index contributed by atoms with van der Waals surface area (Å²) in [5.74, 6) is 0. The predicted molar refractivity (Wildman–Crippen MR) is 115 cm³/mol. The summed E-state index contributed by atoms with van der Waals surface area (Å²) in [5.41, 5.74) is 0.997. The molecule has 0 heterocycles. The second-order valence-electron chi connectivity index (χ2n) is 5.82. The number of carbonyl (C=O) groups excluding carboxylic acids is 1. The molecule has 0 radical (unpaired) electrons. The van der Waals surface area contributed by atoms with Crippen LogP contribution in [0.2, 0.25) is 0 Å². The molecule has 0 aromatic heterocycles. The van der Waals surface area contributed by atoms with Crippen LogP contribution in [0.3, 0.4) is 0 Å². The van der Waals surface area contributed by atoms with Gasteiger partial charge >= 0.3 is 6.03 Å². The fraction of sp³-hybridized carbons (Fsp3) is 0.0526. The summed E-state index contributed by atoms with van der Waals surface area (Å²) in [6, 6.07) is 18.0. The number of amides is 2. The van der Waals surface area contributed by atoms with Crippen LogP contribution >= 0.6 is 12.2 Å². The zero-order valence-electron chi connectivity index (χ0n) is 14.9. The van der Waals surface area contributed by atoms with E-state index in [1.807, 2.05) is 35.1 Å². The van der Waals surface area contributed by atoms with Gasteiger partial charge in [0.25, 0.3) is 10.0 Å². The zero-order valence-corrected chi connectivity index (χ0v) is 16.5. The van der Waals surface area contributed by atoms with Crippen LogP contribution in [-0.2, 0) is 10.0 Å². The van der Waals surface area contributed by atoms with Crippen molar-refractivity contribution in [2.24, 2.45) is 0 Å². The first kappa shape index (κ1) is 19.6. The van der Waals surface area contributed by atoms with Crippen LogP contribution in [0.5, 0.6) is 0 Å². The normalized spacial score (nSPS) is 10.9. The van der Waals surface area contributed by atoms with Gasteiger partial charge in [-0.05, 0) is 41.9 Å². The van der Waals surface area contributed by atoms with Crippen molar-refractivity contribution < 1.29 is 13.2 Å². The maximum absolute atomic E-state index is 12.6. The van der Waals surface area contributed by atoms with Crippen LogP contribution in [0.4, 0.5) is 16.2 Å². The monoisotopic (exact) mass is 414 g/mol. The van der Waals surface area contributed by atoms with Crippen molar-refractivity contribution in [3.8, 4) is 0 Å². The average molecular weight is 415 g/mol. The first-order valence-electron chi connectivity index (χ1n) is 8.29. The van der Waals surface area contributed by atoms with Crippen molar-refractivity contribution in [2.75, 3.05) is 17.7 Å². The molecular weight excluding hydrogens is 396 g/mol. The number of sulfonamides is 1. The van der Waals surface area contributed by atoms with Crippen molar-refractivity contribution in [1.29, 1.82) is 0 Å². The van der Waals surface area contributed by atoms with Gasteiger partial charge in [0.1, 0.15) is 0 Å². The Bertz CT molecular complexity index is 1140. The molecule has 0 saturated heterocycles. The molecule has 0 unspecified atom stereocenters. The predicted octanol–water partition coefficient (Wildman–Crippen LogP) is 3.27. The maximum Gasteiger partial charge on any atom is 0.333 e. The van der Waals surface area contributed by atoms with E-state index in [2.05, 4.69) is 16.0 Å². The Morgan fingerprint density at radius 2 is 1.64 bits per heavy atom. The summed E-state index contributed by atoms with van der Waals surface area (Å²) in [6.45, 7) is 0. The van der Waals surface area contributed by atoms with E-state index in [0.29, 0.717) is 16.5 Å². The number of nitrogens with one attached hydrogen (secondary N) is 4. The van der Waals surface area contributed by atoms with Gasteiger partial charge in [0.2, 0.25) is 0 Å². The van der Waals surface area contributed by atoms with Crippen molar-refractivity contribution in [1.82, 2.24) is 10.0 Å². The number of benzene rings is 3. The third-order valence-electron chi connectivity index (χ3n) is 3.89. The molecule has 3 aromatic carbocycles. The molecule has 0 bridgehead atoms. The van der Waals surface area contributed by atoms with Crippen LogP contribution in [0.15, 0.2) is 71.6 Å². The van der Waals surface area contributed by atoms with Crippen LogP contribution in [0, 0.1) is 0 Å². The number of hydrogen-bond donors (Lipinski definition) is 4. The summed E-state index contributed by atoms with van der Waals surface area (Å²) in [5, 5.41) is 10.3.